The van der Waals surface area contributed by atoms with Gasteiger partial charge in [0.1, 0.15) is 0 Å². The summed E-state index contributed by atoms with van der Waals surface area (Å²) in [5, 5.41) is 0.458. The Morgan fingerprint density at radius 2 is 1.60 bits per heavy atom. The van der Waals surface area contributed by atoms with Crippen molar-refractivity contribution >= 4 is 7.92 Å². The highest BCUT2D eigenvalue weighted by Crippen LogP contribution is 2.55. The highest BCUT2D eigenvalue weighted by Gasteiger charge is 2.26. The van der Waals surface area contributed by atoms with E-state index in [1.807, 2.05) is 0 Å². The smallest absolute Gasteiger partial charge is 0.00661 e. The topological polar surface area (TPSA) is 0 Å². The third-order valence-corrected chi connectivity index (χ3v) is 6.36. The lowest BCUT2D eigenvalue weighted by molar-refractivity contribution is 0.765. The van der Waals surface area contributed by atoms with Crippen molar-refractivity contribution in [2.75, 3.05) is 0 Å². The van der Waals surface area contributed by atoms with E-state index in [2.05, 4.69) is 65.0 Å². The predicted octanol–water partition coefficient (Wildman–Crippen LogP) is 4.88. The van der Waals surface area contributed by atoms with E-state index >= 15 is 0 Å². The van der Waals surface area contributed by atoms with Gasteiger partial charge in [0.25, 0.3) is 0 Å². The minimum Gasteiger partial charge on any atom is -0.0941 e. The minimum absolute atomic E-state index is 0.0630. The predicted molar refractivity (Wildman–Crippen MR) is 72.0 cm³/mol. The van der Waals surface area contributed by atoms with Gasteiger partial charge in [-0.3, -0.25) is 0 Å². The van der Waals surface area contributed by atoms with E-state index in [4.69, 9.17) is 0 Å². The molecule has 0 fully saturated rings. The maximum Gasteiger partial charge on any atom is -0.00661 e. The SMILES string of the molecule is CC(C)P(Cc1ccccc1)C(C)(C)C. The summed E-state index contributed by atoms with van der Waals surface area (Å²) < 4.78 is 0. The van der Waals surface area contributed by atoms with Crippen LogP contribution in [0.5, 0.6) is 0 Å². The van der Waals surface area contributed by atoms with Crippen LogP contribution in [0.2, 0.25) is 0 Å². The van der Waals surface area contributed by atoms with E-state index in [1.54, 1.807) is 0 Å². The summed E-state index contributed by atoms with van der Waals surface area (Å²) >= 11 is 0. The fraction of sp³-hybridized carbons (Fsp3) is 0.571. The lowest BCUT2D eigenvalue weighted by Crippen LogP contribution is -2.17. The second kappa shape index (κ2) is 5.12. The number of benzene rings is 1. The molecule has 1 atom stereocenters. The Morgan fingerprint density at radius 3 is 2.00 bits per heavy atom. The summed E-state index contributed by atoms with van der Waals surface area (Å²) in [5.41, 5.74) is 2.30. The van der Waals surface area contributed by atoms with Crippen molar-refractivity contribution in [2.45, 2.75) is 51.6 Å². The van der Waals surface area contributed by atoms with Gasteiger partial charge < -0.3 is 0 Å². The van der Waals surface area contributed by atoms with Crippen LogP contribution in [0.3, 0.4) is 0 Å². The van der Waals surface area contributed by atoms with E-state index in [1.165, 1.54) is 11.7 Å². The summed E-state index contributed by atoms with van der Waals surface area (Å²) in [6.45, 7) is 11.9. The monoisotopic (exact) mass is 222 g/mol. The van der Waals surface area contributed by atoms with Crippen LogP contribution in [0.15, 0.2) is 30.3 Å². The third-order valence-electron chi connectivity index (χ3n) is 2.68. The Balaban J connectivity index is 2.77. The van der Waals surface area contributed by atoms with E-state index < -0.39 is 0 Å². The van der Waals surface area contributed by atoms with Crippen LogP contribution in [0.4, 0.5) is 0 Å². The van der Waals surface area contributed by atoms with E-state index in [0.717, 1.165) is 5.66 Å². The second-order valence-corrected chi connectivity index (χ2v) is 9.01. The summed E-state index contributed by atoms with van der Waals surface area (Å²) in [5.74, 6) is 0. The van der Waals surface area contributed by atoms with Crippen molar-refractivity contribution in [1.29, 1.82) is 0 Å². The molecule has 0 aromatic heterocycles. The first kappa shape index (κ1) is 12.7. The summed E-state index contributed by atoms with van der Waals surface area (Å²) in [4.78, 5) is 0. The standard InChI is InChI=1S/C14H23P/c1-12(2)15(14(3,4)5)11-13-9-7-6-8-10-13/h6-10,12H,11H2,1-5H3. The Hall–Kier alpha value is -0.350. The van der Waals surface area contributed by atoms with Gasteiger partial charge in [-0.15, -0.1) is 0 Å². The molecule has 0 amide bonds. The lowest BCUT2D eigenvalue weighted by atomic mass is 10.2. The van der Waals surface area contributed by atoms with Crippen LogP contribution in [0, 0.1) is 0 Å². The molecule has 84 valence electrons. The van der Waals surface area contributed by atoms with Gasteiger partial charge in [-0.2, -0.15) is 0 Å². The normalized spacial score (nSPS) is 14.3. The maximum absolute atomic E-state index is 2.38. The Kier molecular flexibility index (Phi) is 4.34. The average Bonchev–Trinajstić information content (AvgIpc) is 2.13. The highest BCUT2D eigenvalue weighted by molar-refractivity contribution is 7.59. The van der Waals surface area contributed by atoms with Crippen LogP contribution in [-0.4, -0.2) is 10.8 Å². The first-order chi connectivity index (χ1) is 6.91. The maximum atomic E-state index is 2.38. The van der Waals surface area contributed by atoms with Crippen LogP contribution in [0.1, 0.15) is 40.2 Å². The Morgan fingerprint density at radius 1 is 1.07 bits per heavy atom. The van der Waals surface area contributed by atoms with Gasteiger partial charge in [-0.25, -0.2) is 0 Å². The van der Waals surface area contributed by atoms with Crippen LogP contribution < -0.4 is 0 Å². The van der Waals surface area contributed by atoms with E-state index in [-0.39, 0.29) is 7.92 Å². The molecular weight excluding hydrogens is 199 g/mol. The van der Waals surface area contributed by atoms with Crippen molar-refractivity contribution < 1.29 is 0 Å². The van der Waals surface area contributed by atoms with Crippen LogP contribution >= 0.6 is 7.92 Å². The zero-order valence-corrected chi connectivity index (χ0v) is 11.5. The van der Waals surface area contributed by atoms with Gasteiger partial charge in [0.15, 0.2) is 0 Å². The minimum atomic E-state index is 0.0630. The molecule has 1 aromatic carbocycles. The van der Waals surface area contributed by atoms with Gasteiger partial charge in [0, 0.05) is 0 Å². The average molecular weight is 222 g/mol. The fourth-order valence-corrected chi connectivity index (χ4v) is 4.97. The Labute approximate surface area is 95.9 Å². The third kappa shape index (κ3) is 3.95. The fourth-order valence-electron chi connectivity index (χ4n) is 1.97. The number of rotatable bonds is 3. The molecule has 15 heavy (non-hydrogen) atoms. The molecule has 1 unspecified atom stereocenters. The molecular formula is C14H23P. The van der Waals surface area contributed by atoms with Gasteiger partial charge in [-0.1, -0.05) is 72.9 Å². The van der Waals surface area contributed by atoms with Crippen LogP contribution in [0.25, 0.3) is 0 Å². The lowest BCUT2D eigenvalue weighted by Gasteiger charge is -2.35. The molecule has 0 radical (unpaired) electrons. The number of hydrogen-bond donors (Lipinski definition) is 0. The highest BCUT2D eigenvalue weighted by atomic mass is 31.1. The van der Waals surface area contributed by atoms with Gasteiger partial charge >= 0.3 is 0 Å². The van der Waals surface area contributed by atoms with Gasteiger partial charge in [-0.05, 0) is 22.5 Å². The van der Waals surface area contributed by atoms with E-state index in [9.17, 15) is 0 Å². The molecule has 0 saturated heterocycles. The van der Waals surface area contributed by atoms with Crippen molar-refractivity contribution in [2.24, 2.45) is 0 Å². The van der Waals surface area contributed by atoms with E-state index in [0.29, 0.717) is 5.16 Å². The first-order valence-electron chi connectivity index (χ1n) is 5.72. The molecule has 0 saturated carbocycles. The molecule has 1 aromatic rings. The largest absolute Gasteiger partial charge is 0.0941 e. The molecule has 1 rings (SSSR count). The molecule has 0 heterocycles. The van der Waals surface area contributed by atoms with Crippen molar-refractivity contribution in [3.63, 3.8) is 0 Å². The summed E-state index contributed by atoms with van der Waals surface area (Å²) in [6.07, 6.45) is 1.26. The molecule has 0 aliphatic rings. The molecule has 0 bridgehead atoms. The first-order valence-corrected chi connectivity index (χ1v) is 7.31. The quantitative estimate of drug-likeness (QED) is 0.640. The van der Waals surface area contributed by atoms with Crippen molar-refractivity contribution in [1.82, 2.24) is 0 Å². The van der Waals surface area contributed by atoms with Crippen LogP contribution in [-0.2, 0) is 6.16 Å². The zero-order valence-electron chi connectivity index (χ0n) is 10.6. The zero-order chi connectivity index (χ0) is 11.5. The molecule has 0 N–H and O–H groups in total. The summed E-state index contributed by atoms with van der Waals surface area (Å²) in [6, 6.07) is 10.9. The van der Waals surface area contributed by atoms with Crippen molar-refractivity contribution in [3.05, 3.63) is 35.9 Å². The van der Waals surface area contributed by atoms with Crippen molar-refractivity contribution in [3.8, 4) is 0 Å². The summed E-state index contributed by atoms with van der Waals surface area (Å²) in [7, 11) is 0.0630. The number of hydrogen-bond acceptors (Lipinski definition) is 0. The second-order valence-electron chi connectivity index (χ2n) is 5.38. The Bertz CT molecular complexity index is 282. The molecule has 1 heteroatoms. The van der Waals surface area contributed by atoms with Gasteiger partial charge in [0.2, 0.25) is 0 Å². The van der Waals surface area contributed by atoms with Gasteiger partial charge in [0.05, 0.1) is 0 Å². The molecule has 0 spiro atoms. The molecule has 0 aliphatic heterocycles. The molecule has 0 nitrogen and oxygen atoms in total. The molecule has 0 aliphatic carbocycles.